The Labute approximate surface area is 222 Å². The maximum atomic E-state index is 14.0. The van der Waals surface area contributed by atoms with E-state index in [0.717, 1.165) is 6.42 Å². The van der Waals surface area contributed by atoms with Crippen LogP contribution in [0, 0.1) is 18.3 Å². The van der Waals surface area contributed by atoms with Crippen LogP contribution in [-0.4, -0.2) is 52.3 Å². The number of nitrogens with zero attached hydrogens (tertiary/aromatic N) is 1. The van der Waals surface area contributed by atoms with Crippen LogP contribution in [0.2, 0.25) is 0 Å². The van der Waals surface area contributed by atoms with Crippen molar-refractivity contribution in [3.63, 3.8) is 0 Å². The molecule has 0 bridgehead atoms. The number of carbonyl (C=O) groups excluding carboxylic acids is 3. The Balaban J connectivity index is 3.53. The van der Waals surface area contributed by atoms with Gasteiger partial charge < -0.3 is 20.3 Å². The van der Waals surface area contributed by atoms with Gasteiger partial charge in [0.2, 0.25) is 11.8 Å². The zero-order valence-electron chi connectivity index (χ0n) is 22.9. The molecule has 0 heterocycles. The highest BCUT2D eigenvalue weighted by Crippen LogP contribution is 2.28. The average Bonchev–Trinajstić information content (AvgIpc) is 2.77. The third kappa shape index (κ3) is 10.1. The van der Waals surface area contributed by atoms with Crippen molar-refractivity contribution in [3.05, 3.63) is 35.4 Å². The smallest absolute Gasteiger partial charge is 0.408 e. The molecule has 1 rings (SSSR count). The highest BCUT2D eigenvalue weighted by Gasteiger charge is 2.38. The number of ether oxygens (including phenoxy) is 1. The fraction of sp³-hybridized carbons (Fsp3) is 0.607. The van der Waals surface area contributed by atoms with E-state index >= 15 is 0 Å². The molecule has 3 atom stereocenters. The zero-order valence-corrected chi connectivity index (χ0v) is 23.8. The number of thiol groups is 1. The van der Waals surface area contributed by atoms with E-state index < -0.39 is 29.7 Å². The van der Waals surface area contributed by atoms with Crippen LogP contribution in [0.1, 0.15) is 85.4 Å². The van der Waals surface area contributed by atoms with E-state index in [1.54, 1.807) is 49.9 Å². The molecule has 7 nitrogen and oxygen atoms in total. The third-order valence-electron chi connectivity index (χ3n) is 5.41. The lowest BCUT2D eigenvalue weighted by Gasteiger charge is -2.39. The van der Waals surface area contributed by atoms with Gasteiger partial charge in [0, 0.05) is 23.4 Å². The van der Waals surface area contributed by atoms with Crippen molar-refractivity contribution in [3.8, 4) is 12.3 Å². The fourth-order valence-corrected chi connectivity index (χ4v) is 3.94. The second-order valence-electron chi connectivity index (χ2n) is 10.8. The van der Waals surface area contributed by atoms with E-state index in [4.69, 9.17) is 11.2 Å². The Morgan fingerprint density at radius 1 is 1.03 bits per heavy atom. The van der Waals surface area contributed by atoms with Crippen LogP contribution < -0.4 is 10.6 Å². The lowest BCUT2D eigenvalue weighted by atomic mass is 9.96. The predicted molar refractivity (Wildman–Crippen MR) is 148 cm³/mol. The predicted octanol–water partition coefficient (Wildman–Crippen LogP) is 4.71. The highest BCUT2D eigenvalue weighted by atomic mass is 32.1. The summed E-state index contributed by atoms with van der Waals surface area (Å²) in [6.45, 7) is 15.1. The Hall–Kier alpha value is -2.66. The van der Waals surface area contributed by atoms with E-state index in [9.17, 15) is 14.4 Å². The molecule has 1 aromatic rings. The summed E-state index contributed by atoms with van der Waals surface area (Å²) in [5, 5.41) is 5.59. The van der Waals surface area contributed by atoms with Gasteiger partial charge >= 0.3 is 6.09 Å². The van der Waals surface area contributed by atoms with Crippen LogP contribution in [0.4, 0.5) is 4.79 Å². The van der Waals surface area contributed by atoms with Crippen molar-refractivity contribution < 1.29 is 19.1 Å². The molecule has 0 saturated carbocycles. The summed E-state index contributed by atoms with van der Waals surface area (Å²) in [5.41, 5.74) is 0.580. The number of carbonyl (C=O) groups is 3. The molecule has 0 saturated heterocycles. The summed E-state index contributed by atoms with van der Waals surface area (Å²) in [6, 6.07) is 4.72. The molecule has 0 fully saturated rings. The van der Waals surface area contributed by atoms with Crippen molar-refractivity contribution in [1.29, 1.82) is 0 Å². The maximum absolute atomic E-state index is 14.0. The van der Waals surface area contributed by atoms with Crippen LogP contribution in [0.3, 0.4) is 0 Å². The molecule has 200 valence electrons. The summed E-state index contributed by atoms with van der Waals surface area (Å²) in [5.74, 6) is 2.33. The first-order valence-corrected chi connectivity index (χ1v) is 13.1. The minimum absolute atomic E-state index is 0.0417. The van der Waals surface area contributed by atoms with Gasteiger partial charge in [-0.1, -0.05) is 31.9 Å². The van der Waals surface area contributed by atoms with Crippen molar-refractivity contribution in [2.24, 2.45) is 5.92 Å². The number of terminal acetylenes is 1. The van der Waals surface area contributed by atoms with Crippen molar-refractivity contribution in [2.45, 2.75) is 98.0 Å². The Morgan fingerprint density at radius 2 is 1.61 bits per heavy atom. The van der Waals surface area contributed by atoms with Gasteiger partial charge in [0.25, 0.3) is 0 Å². The van der Waals surface area contributed by atoms with Gasteiger partial charge in [-0.3, -0.25) is 9.59 Å². The topological polar surface area (TPSA) is 87.7 Å². The van der Waals surface area contributed by atoms with Gasteiger partial charge in [-0.2, -0.15) is 12.6 Å². The lowest BCUT2D eigenvalue weighted by molar-refractivity contribution is -0.145. The first kappa shape index (κ1) is 31.4. The van der Waals surface area contributed by atoms with Gasteiger partial charge in [-0.25, -0.2) is 4.79 Å². The lowest BCUT2D eigenvalue weighted by Crippen LogP contribution is -2.56. The highest BCUT2D eigenvalue weighted by molar-refractivity contribution is 7.80. The van der Waals surface area contributed by atoms with E-state index in [1.165, 1.54) is 0 Å². The molecule has 0 aliphatic carbocycles. The normalized spacial score (nSPS) is 13.9. The summed E-state index contributed by atoms with van der Waals surface area (Å²) in [4.78, 5) is 41.6. The zero-order chi connectivity index (χ0) is 27.6. The molecule has 0 aromatic heterocycles. The largest absolute Gasteiger partial charge is 0.444 e. The number of rotatable bonds is 11. The average molecular weight is 518 g/mol. The third-order valence-corrected chi connectivity index (χ3v) is 5.78. The van der Waals surface area contributed by atoms with Crippen LogP contribution in [-0.2, 0) is 14.3 Å². The van der Waals surface area contributed by atoms with Crippen molar-refractivity contribution >= 4 is 30.5 Å². The molecule has 2 N–H and O–H groups in total. The standard InChI is InChI=1S/C28H43N3O4S/c1-10-21-13-15-22(16-14-21)24(25(32)29-19(4)5)31(20(6)12-11-18(2)3)26(33)23(17-36)30-27(34)35-28(7,8)9/h1,13-16,18-20,23-24,36H,11-12,17H2,2-9H3,(H,29,32)(H,30,34). The van der Waals surface area contributed by atoms with Crippen LogP contribution in [0.25, 0.3) is 0 Å². The van der Waals surface area contributed by atoms with Crippen LogP contribution in [0.15, 0.2) is 24.3 Å². The molecular formula is C28H43N3O4S. The summed E-state index contributed by atoms with van der Waals surface area (Å²) < 4.78 is 5.36. The second-order valence-corrected chi connectivity index (χ2v) is 11.1. The molecule has 36 heavy (non-hydrogen) atoms. The van der Waals surface area contributed by atoms with Crippen LogP contribution in [0.5, 0.6) is 0 Å². The van der Waals surface area contributed by atoms with Gasteiger partial charge in [-0.15, -0.1) is 6.42 Å². The first-order valence-electron chi connectivity index (χ1n) is 12.5. The van der Waals surface area contributed by atoms with Crippen molar-refractivity contribution in [2.75, 3.05) is 5.75 Å². The molecule has 0 radical (unpaired) electrons. The van der Waals surface area contributed by atoms with Crippen molar-refractivity contribution in [1.82, 2.24) is 15.5 Å². The van der Waals surface area contributed by atoms with Gasteiger partial charge in [0.15, 0.2) is 0 Å². The minimum atomic E-state index is -0.982. The number of hydrogen-bond donors (Lipinski definition) is 3. The number of benzene rings is 1. The van der Waals surface area contributed by atoms with E-state index in [1.807, 2.05) is 20.8 Å². The second kappa shape index (κ2) is 14.2. The fourth-order valence-electron chi connectivity index (χ4n) is 3.69. The van der Waals surface area contributed by atoms with Gasteiger partial charge in [-0.05, 0) is 78.0 Å². The Bertz CT molecular complexity index is 916. The molecule has 0 aliphatic rings. The molecule has 3 unspecified atom stereocenters. The Morgan fingerprint density at radius 3 is 2.06 bits per heavy atom. The van der Waals surface area contributed by atoms with E-state index in [-0.39, 0.29) is 23.7 Å². The molecule has 3 amide bonds. The molecule has 0 spiro atoms. The molecule has 0 aliphatic heterocycles. The molecule has 1 aromatic carbocycles. The molecule has 8 heteroatoms. The monoisotopic (exact) mass is 517 g/mol. The summed E-state index contributed by atoms with van der Waals surface area (Å²) in [6.07, 6.45) is 6.35. The number of hydrogen-bond acceptors (Lipinski definition) is 5. The SMILES string of the molecule is C#Cc1ccc(C(C(=O)NC(C)C)N(C(=O)C(CS)NC(=O)OC(C)(C)C)C(C)CCC(C)C)cc1. The number of alkyl carbamates (subject to hydrolysis) is 1. The summed E-state index contributed by atoms with van der Waals surface area (Å²) in [7, 11) is 0. The molecular weight excluding hydrogens is 474 g/mol. The first-order chi connectivity index (χ1) is 16.7. The quantitative estimate of drug-likeness (QED) is 0.293. The van der Waals surface area contributed by atoms with Gasteiger partial charge in [0.1, 0.15) is 17.7 Å². The number of nitrogens with one attached hydrogen (secondary N) is 2. The van der Waals surface area contributed by atoms with E-state index in [0.29, 0.717) is 23.5 Å². The summed E-state index contributed by atoms with van der Waals surface area (Å²) >= 11 is 4.34. The van der Waals surface area contributed by atoms with Gasteiger partial charge in [0.05, 0.1) is 0 Å². The van der Waals surface area contributed by atoms with E-state index in [2.05, 4.69) is 43.0 Å². The number of amides is 3. The maximum Gasteiger partial charge on any atom is 0.408 e. The van der Waals surface area contributed by atoms with Crippen LogP contribution >= 0.6 is 12.6 Å². The Kier molecular flexibility index (Phi) is 12.4. The minimum Gasteiger partial charge on any atom is -0.444 e.